The molecular formula is C15H13NO3S. The van der Waals surface area contributed by atoms with Crippen molar-refractivity contribution >= 4 is 27.4 Å². The lowest BCUT2D eigenvalue weighted by atomic mass is 10.2. The molecule has 2 heterocycles. The Hall–Kier alpha value is -2.27. The number of nitrogens with zero attached hydrogens (tertiary/aromatic N) is 1. The van der Waals surface area contributed by atoms with E-state index < -0.39 is 5.97 Å². The van der Waals surface area contributed by atoms with Crippen molar-refractivity contribution in [3.63, 3.8) is 0 Å². The maximum atomic E-state index is 11.1. The molecule has 0 aliphatic heterocycles. The summed E-state index contributed by atoms with van der Waals surface area (Å²) in [5.41, 5.74) is 1.18. The molecule has 5 heteroatoms. The monoisotopic (exact) mass is 287 g/mol. The minimum absolute atomic E-state index is 0.282. The summed E-state index contributed by atoms with van der Waals surface area (Å²) in [6.07, 6.45) is 0. The lowest BCUT2D eigenvalue weighted by Gasteiger charge is -2.02. The molecule has 0 amide bonds. The lowest BCUT2D eigenvalue weighted by molar-refractivity contribution is 0.0687. The van der Waals surface area contributed by atoms with Gasteiger partial charge in [0.15, 0.2) is 0 Å². The van der Waals surface area contributed by atoms with Crippen LogP contribution in [0, 0.1) is 0 Å². The van der Waals surface area contributed by atoms with Crippen LogP contribution < -0.4 is 4.74 Å². The Morgan fingerprint density at radius 2 is 2.10 bits per heavy atom. The van der Waals surface area contributed by atoms with Gasteiger partial charge in [0.25, 0.3) is 0 Å². The second kappa shape index (κ2) is 4.68. The first-order valence-electron chi connectivity index (χ1n) is 6.07. The molecule has 3 aromatic rings. The predicted octanol–water partition coefficient (Wildman–Crippen LogP) is 3.61. The van der Waals surface area contributed by atoms with Crippen LogP contribution in [0.4, 0.5) is 0 Å². The summed E-state index contributed by atoms with van der Waals surface area (Å²) in [7, 11) is 3.42. The van der Waals surface area contributed by atoms with E-state index in [1.165, 1.54) is 0 Å². The van der Waals surface area contributed by atoms with Gasteiger partial charge in [-0.15, -0.1) is 11.3 Å². The second-order valence-electron chi connectivity index (χ2n) is 4.46. The number of carboxylic acid groups (broad SMARTS) is 1. The van der Waals surface area contributed by atoms with Gasteiger partial charge in [-0.3, -0.25) is 0 Å². The third-order valence-electron chi connectivity index (χ3n) is 3.32. The molecule has 0 spiro atoms. The van der Waals surface area contributed by atoms with E-state index in [0.29, 0.717) is 0 Å². The lowest BCUT2D eigenvalue weighted by Crippen LogP contribution is -2.04. The topological polar surface area (TPSA) is 51.5 Å². The third-order valence-corrected chi connectivity index (χ3v) is 4.51. The van der Waals surface area contributed by atoms with Crippen molar-refractivity contribution in [1.29, 1.82) is 0 Å². The van der Waals surface area contributed by atoms with Gasteiger partial charge >= 0.3 is 5.97 Å². The highest BCUT2D eigenvalue weighted by Gasteiger charge is 2.15. The Balaban J connectivity index is 2.18. The summed E-state index contributed by atoms with van der Waals surface area (Å²) in [4.78, 5) is 12.1. The fraction of sp³-hybridized carbons (Fsp3) is 0.133. The zero-order chi connectivity index (χ0) is 14.3. The van der Waals surface area contributed by atoms with Crippen LogP contribution >= 0.6 is 11.3 Å². The summed E-state index contributed by atoms with van der Waals surface area (Å²) in [6.45, 7) is 0. The highest BCUT2D eigenvalue weighted by Crippen LogP contribution is 2.38. The van der Waals surface area contributed by atoms with E-state index >= 15 is 0 Å². The maximum Gasteiger partial charge on any atom is 0.352 e. The molecule has 0 aliphatic carbocycles. The molecule has 20 heavy (non-hydrogen) atoms. The molecule has 0 unspecified atom stereocenters. The molecule has 0 saturated carbocycles. The number of rotatable bonds is 3. The van der Waals surface area contributed by atoms with Gasteiger partial charge in [0.2, 0.25) is 0 Å². The number of benzene rings is 1. The van der Waals surface area contributed by atoms with Gasteiger partial charge in [-0.05, 0) is 29.7 Å². The highest BCUT2D eigenvalue weighted by atomic mass is 32.1. The number of carbonyl (C=O) groups is 1. The van der Waals surface area contributed by atoms with Gasteiger partial charge in [0.1, 0.15) is 11.4 Å². The number of fused-ring (bicyclic) bond motifs is 1. The number of aromatic carboxylic acids is 1. The number of ether oxygens (including phenoxy) is 1. The van der Waals surface area contributed by atoms with Crippen molar-refractivity contribution in [3.05, 3.63) is 42.1 Å². The zero-order valence-electron chi connectivity index (χ0n) is 11.1. The molecule has 0 aliphatic rings. The zero-order valence-corrected chi connectivity index (χ0v) is 11.9. The molecule has 0 atom stereocenters. The molecule has 2 aromatic heterocycles. The summed E-state index contributed by atoms with van der Waals surface area (Å²) >= 11 is 1.60. The average molecular weight is 287 g/mol. The number of hydrogen-bond donors (Lipinski definition) is 1. The summed E-state index contributed by atoms with van der Waals surface area (Å²) < 4.78 is 8.13. The summed E-state index contributed by atoms with van der Waals surface area (Å²) in [5.74, 6) is -0.0798. The molecule has 0 fully saturated rings. The molecule has 0 saturated heterocycles. The Morgan fingerprint density at radius 3 is 2.75 bits per heavy atom. The molecule has 4 nitrogen and oxygen atoms in total. The van der Waals surface area contributed by atoms with Gasteiger partial charge in [0, 0.05) is 7.05 Å². The third kappa shape index (κ3) is 1.87. The Bertz CT molecular complexity index is 801. The minimum atomic E-state index is -0.919. The normalized spacial score (nSPS) is 10.9. The fourth-order valence-corrected chi connectivity index (χ4v) is 3.51. The molecule has 1 aromatic carbocycles. The van der Waals surface area contributed by atoms with E-state index in [1.54, 1.807) is 36.1 Å². The SMILES string of the molecule is COc1cccc2cc(-c3ccc(C(=O)O)n3C)sc12. The van der Waals surface area contributed by atoms with Gasteiger partial charge in [-0.2, -0.15) is 0 Å². The van der Waals surface area contributed by atoms with E-state index in [1.807, 2.05) is 24.3 Å². The molecule has 0 bridgehead atoms. The van der Waals surface area contributed by atoms with Crippen LogP contribution in [0.25, 0.3) is 20.7 Å². The smallest absolute Gasteiger partial charge is 0.352 e. The Morgan fingerprint density at radius 1 is 1.30 bits per heavy atom. The minimum Gasteiger partial charge on any atom is -0.495 e. The number of carboxylic acids is 1. The Labute approximate surface area is 119 Å². The molecule has 1 N–H and O–H groups in total. The summed E-state index contributed by atoms with van der Waals surface area (Å²) in [5, 5.41) is 10.2. The first-order valence-corrected chi connectivity index (χ1v) is 6.89. The van der Waals surface area contributed by atoms with Crippen molar-refractivity contribution in [3.8, 4) is 16.3 Å². The maximum absolute atomic E-state index is 11.1. The van der Waals surface area contributed by atoms with Crippen LogP contribution in [-0.4, -0.2) is 22.8 Å². The van der Waals surface area contributed by atoms with E-state index in [4.69, 9.17) is 9.84 Å². The van der Waals surface area contributed by atoms with Crippen LogP contribution in [0.2, 0.25) is 0 Å². The average Bonchev–Trinajstić information content (AvgIpc) is 3.00. The van der Waals surface area contributed by atoms with Crippen LogP contribution in [0.15, 0.2) is 36.4 Å². The Kier molecular flexibility index (Phi) is 2.99. The number of methoxy groups -OCH3 is 1. The number of hydrogen-bond acceptors (Lipinski definition) is 3. The van der Waals surface area contributed by atoms with E-state index in [9.17, 15) is 4.79 Å². The quantitative estimate of drug-likeness (QED) is 0.800. The van der Waals surface area contributed by atoms with Crippen LogP contribution in [0.3, 0.4) is 0 Å². The van der Waals surface area contributed by atoms with Crippen LogP contribution in [0.5, 0.6) is 5.75 Å². The molecule has 102 valence electrons. The number of thiophene rings is 1. The van der Waals surface area contributed by atoms with Crippen molar-refractivity contribution in [2.45, 2.75) is 0 Å². The first kappa shape index (κ1) is 12.7. The first-order chi connectivity index (χ1) is 9.61. The van der Waals surface area contributed by atoms with Gasteiger partial charge in [-0.1, -0.05) is 12.1 Å². The second-order valence-corrected chi connectivity index (χ2v) is 5.51. The number of aromatic nitrogens is 1. The van der Waals surface area contributed by atoms with E-state index in [-0.39, 0.29) is 5.69 Å². The van der Waals surface area contributed by atoms with Crippen LogP contribution in [-0.2, 0) is 7.05 Å². The molecule has 0 radical (unpaired) electrons. The van der Waals surface area contributed by atoms with E-state index in [0.717, 1.165) is 26.4 Å². The van der Waals surface area contributed by atoms with Crippen LogP contribution in [0.1, 0.15) is 10.5 Å². The van der Waals surface area contributed by atoms with E-state index in [2.05, 4.69) is 6.07 Å². The predicted molar refractivity (Wildman–Crippen MR) is 79.7 cm³/mol. The fourth-order valence-electron chi connectivity index (χ4n) is 2.30. The van der Waals surface area contributed by atoms with Crippen molar-refractivity contribution in [2.75, 3.05) is 7.11 Å². The summed E-state index contributed by atoms with van der Waals surface area (Å²) in [6, 6.07) is 11.4. The highest BCUT2D eigenvalue weighted by molar-refractivity contribution is 7.22. The van der Waals surface area contributed by atoms with Gasteiger partial charge < -0.3 is 14.4 Å². The molecule has 3 rings (SSSR count). The van der Waals surface area contributed by atoms with Crippen molar-refractivity contribution in [2.24, 2.45) is 7.05 Å². The largest absolute Gasteiger partial charge is 0.495 e. The molecular weight excluding hydrogens is 274 g/mol. The van der Waals surface area contributed by atoms with Gasteiger partial charge in [0.05, 0.1) is 22.4 Å². The standard InChI is InChI=1S/C15H13NO3S/c1-16-10(6-7-11(16)15(17)18)13-8-9-4-3-5-12(19-2)14(9)20-13/h3-8H,1-2H3,(H,17,18). The van der Waals surface area contributed by atoms with Crippen molar-refractivity contribution in [1.82, 2.24) is 4.57 Å². The van der Waals surface area contributed by atoms with Gasteiger partial charge in [-0.25, -0.2) is 4.79 Å². The van der Waals surface area contributed by atoms with Crippen molar-refractivity contribution < 1.29 is 14.6 Å².